The fraction of sp³-hybridized carbons (Fsp3) is 0.111. The maximum atomic E-state index is 13.0. The third kappa shape index (κ3) is 4.05. The van der Waals surface area contributed by atoms with Crippen LogP contribution in [0.1, 0.15) is 5.56 Å². The van der Waals surface area contributed by atoms with Crippen molar-refractivity contribution in [2.24, 2.45) is 0 Å². The van der Waals surface area contributed by atoms with Gasteiger partial charge in [-0.1, -0.05) is 0 Å². The number of nitriles is 2. The Morgan fingerprint density at radius 2 is 1.81 bits per heavy atom. The Hall–Kier alpha value is -3.85. The first kappa shape index (κ1) is 18.0. The van der Waals surface area contributed by atoms with Crippen molar-refractivity contribution in [2.45, 2.75) is 6.18 Å². The Balaban J connectivity index is 1.94. The van der Waals surface area contributed by atoms with Crippen molar-refractivity contribution in [2.75, 3.05) is 12.1 Å². The van der Waals surface area contributed by atoms with Crippen LogP contribution in [0.3, 0.4) is 0 Å². The summed E-state index contributed by atoms with van der Waals surface area (Å²) in [4.78, 5) is 0. The van der Waals surface area contributed by atoms with Gasteiger partial charge in [-0.3, -0.25) is 0 Å². The quantitative estimate of drug-likeness (QED) is 0.790. The molecule has 0 atom stereocenters. The molecule has 0 aliphatic carbocycles. The molecule has 0 spiro atoms. The molecule has 0 bridgehead atoms. The number of ether oxygens (including phenoxy) is 3. The van der Waals surface area contributed by atoms with Crippen LogP contribution in [-0.4, -0.2) is 6.79 Å². The van der Waals surface area contributed by atoms with Crippen LogP contribution in [0.15, 0.2) is 48.2 Å². The summed E-state index contributed by atoms with van der Waals surface area (Å²) < 4.78 is 55.0. The van der Waals surface area contributed by atoms with Gasteiger partial charge in [0.25, 0.3) is 0 Å². The molecule has 136 valence electrons. The molecule has 0 amide bonds. The van der Waals surface area contributed by atoms with Crippen LogP contribution in [0.5, 0.6) is 23.0 Å². The molecule has 0 aromatic heterocycles. The largest absolute Gasteiger partial charge is 0.455 e. The van der Waals surface area contributed by atoms with Crippen LogP contribution in [0.25, 0.3) is 0 Å². The monoisotopic (exact) mass is 373 g/mol. The number of nitrogens with one attached hydrogen (secondary N) is 1. The van der Waals surface area contributed by atoms with E-state index in [9.17, 15) is 13.2 Å². The predicted molar refractivity (Wildman–Crippen MR) is 87.0 cm³/mol. The molecular weight excluding hydrogens is 363 g/mol. The van der Waals surface area contributed by atoms with Gasteiger partial charge >= 0.3 is 6.18 Å². The molecule has 1 aliphatic heterocycles. The van der Waals surface area contributed by atoms with E-state index in [2.05, 4.69) is 5.32 Å². The molecule has 0 radical (unpaired) electrons. The van der Waals surface area contributed by atoms with E-state index >= 15 is 0 Å². The van der Waals surface area contributed by atoms with E-state index in [0.29, 0.717) is 17.2 Å². The minimum atomic E-state index is -4.56. The van der Waals surface area contributed by atoms with Gasteiger partial charge in [0.1, 0.15) is 23.5 Å². The third-order valence-electron chi connectivity index (χ3n) is 3.49. The zero-order valence-electron chi connectivity index (χ0n) is 13.5. The van der Waals surface area contributed by atoms with E-state index in [1.54, 1.807) is 24.3 Å². The van der Waals surface area contributed by atoms with Gasteiger partial charge in [-0.05, 0) is 30.3 Å². The summed E-state index contributed by atoms with van der Waals surface area (Å²) in [6, 6.07) is 10.8. The summed E-state index contributed by atoms with van der Waals surface area (Å²) in [7, 11) is 0. The van der Waals surface area contributed by atoms with Crippen LogP contribution >= 0.6 is 0 Å². The molecule has 2 aromatic rings. The lowest BCUT2D eigenvalue weighted by Crippen LogP contribution is -2.06. The Morgan fingerprint density at radius 3 is 2.52 bits per heavy atom. The van der Waals surface area contributed by atoms with E-state index in [4.69, 9.17) is 24.7 Å². The van der Waals surface area contributed by atoms with Crippen molar-refractivity contribution in [1.82, 2.24) is 0 Å². The number of alkyl halides is 3. The molecule has 0 saturated carbocycles. The third-order valence-corrected chi connectivity index (χ3v) is 3.49. The lowest BCUT2D eigenvalue weighted by Gasteiger charge is -2.14. The molecule has 9 heteroatoms. The summed E-state index contributed by atoms with van der Waals surface area (Å²) in [6.07, 6.45) is -3.56. The van der Waals surface area contributed by atoms with E-state index in [1.165, 1.54) is 6.07 Å². The van der Waals surface area contributed by atoms with Gasteiger partial charge in [-0.25, -0.2) is 0 Å². The van der Waals surface area contributed by atoms with Crippen molar-refractivity contribution in [3.8, 4) is 35.1 Å². The van der Waals surface area contributed by atoms with E-state index < -0.39 is 11.7 Å². The minimum Gasteiger partial charge on any atom is -0.455 e. The maximum Gasteiger partial charge on any atom is 0.416 e. The predicted octanol–water partition coefficient (Wildman–Crippen LogP) is 4.57. The molecule has 3 rings (SSSR count). The van der Waals surface area contributed by atoms with E-state index in [-0.39, 0.29) is 23.8 Å². The van der Waals surface area contributed by atoms with E-state index in [1.807, 2.05) is 0 Å². The van der Waals surface area contributed by atoms with Crippen LogP contribution in [0.4, 0.5) is 18.9 Å². The fourth-order valence-corrected chi connectivity index (χ4v) is 2.21. The second-order valence-electron chi connectivity index (χ2n) is 5.25. The topological polar surface area (TPSA) is 87.3 Å². The highest BCUT2D eigenvalue weighted by atomic mass is 19.4. The van der Waals surface area contributed by atoms with Gasteiger partial charge in [-0.15, -0.1) is 0 Å². The Kier molecular flexibility index (Phi) is 4.77. The summed E-state index contributed by atoms with van der Waals surface area (Å²) in [5.74, 6) is 1.36. The summed E-state index contributed by atoms with van der Waals surface area (Å²) >= 11 is 0. The van der Waals surface area contributed by atoms with Gasteiger partial charge < -0.3 is 19.5 Å². The number of halogens is 3. The molecule has 1 aliphatic rings. The lowest BCUT2D eigenvalue weighted by atomic mass is 10.1. The van der Waals surface area contributed by atoms with Gasteiger partial charge in [-0.2, -0.15) is 23.7 Å². The van der Waals surface area contributed by atoms with Gasteiger partial charge in [0.05, 0.1) is 11.3 Å². The van der Waals surface area contributed by atoms with Crippen molar-refractivity contribution in [1.29, 1.82) is 10.5 Å². The minimum absolute atomic E-state index is 0.0633. The molecule has 1 heterocycles. The van der Waals surface area contributed by atoms with Gasteiger partial charge in [0, 0.05) is 12.3 Å². The fourth-order valence-electron chi connectivity index (χ4n) is 2.21. The number of benzene rings is 2. The molecule has 27 heavy (non-hydrogen) atoms. The van der Waals surface area contributed by atoms with Crippen LogP contribution < -0.4 is 19.5 Å². The van der Waals surface area contributed by atoms with Crippen molar-refractivity contribution >= 4 is 5.69 Å². The number of hydrogen-bond acceptors (Lipinski definition) is 6. The van der Waals surface area contributed by atoms with E-state index in [0.717, 1.165) is 24.4 Å². The zero-order chi connectivity index (χ0) is 19.4. The Labute approximate surface area is 151 Å². The average molecular weight is 373 g/mol. The molecule has 0 fully saturated rings. The van der Waals surface area contributed by atoms with Crippen molar-refractivity contribution in [3.05, 3.63) is 53.7 Å². The highest BCUT2D eigenvalue weighted by Gasteiger charge is 2.31. The zero-order valence-corrected chi connectivity index (χ0v) is 13.5. The first-order valence-electron chi connectivity index (χ1n) is 7.46. The van der Waals surface area contributed by atoms with Gasteiger partial charge in [0.15, 0.2) is 17.2 Å². The molecule has 2 aromatic carbocycles. The highest BCUT2D eigenvalue weighted by Crippen LogP contribution is 2.40. The SMILES string of the molecule is N#CC(C#N)=CNc1cc(C(F)(F)F)ccc1Oc1ccc2c(c1)OCO2. The second kappa shape index (κ2) is 7.18. The number of fused-ring (bicyclic) bond motifs is 1. The highest BCUT2D eigenvalue weighted by molar-refractivity contribution is 5.62. The summed E-state index contributed by atoms with van der Waals surface area (Å²) in [5, 5.41) is 20.0. The average Bonchev–Trinajstić information content (AvgIpc) is 3.10. The molecule has 1 N–H and O–H groups in total. The number of rotatable bonds is 4. The van der Waals surface area contributed by atoms with Crippen LogP contribution in [-0.2, 0) is 6.18 Å². The maximum absolute atomic E-state index is 13.0. The molecule has 0 saturated heterocycles. The number of hydrogen-bond donors (Lipinski definition) is 1. The van der Waals surface area contributed by atoms with Crippen molar-refractivity contribution < 1.29 is 27.4 Å². The number of nitrogens with zero attached hydrogens (tertiary/aromatic N) is 2. The Bertz CT molecular complexity index is 972. The van der Waals surface area contributed by atoms with Crippen LogP contribution in [0.2, 0.25) is 0 Å². The standard InChI is InChI=1S/C18H10F3N3O3/c19-18(20,21)12-1-3-15(14(5-12)24-9-11(7-22)8-23)27-13-2-4-16-17(6-13)26-10-25-16/h1-6,9,24H,10H2. The normalized spacial score (nSPS) is 11.9. The molecule has 0 unspecified atom stereocenters. The van der Waals surface area contributed by atoms with Crippen LogP contribution in [0, 0.1) is 22.7 Å². The lowest BCUT2D eigenvalue weighted by molar-refractivity contribution is -0.137. The Morgan fingerprint density at radius 1 is 1.07 bits per heavy atom. The summed E-state index contributed by atoms with van der Waals surface area (Å²) in [6.45, 7) is 0.0712. The van der Waals surface area contributed by atoms with Crippen molar-refractivity contribution in [3.63, 3.8) is 0 Å². The van der Waals surface area contributed by atoms with Gasteiger partial charge in [0.2, 0.25) is 6.79 Å². The number of anilines is 1. The molecule has 6 nitrogen and oxygen atoms in total. The first-order chi connectivity index (χ1) is 12.9. The molecular formula is C18H10F3N3O3. The number of allylic oxidation sites excluding steroid dienone is 1. The summed E-state index contributed by atoms with van der Waals surface area (Å²) in [5.41, 5.74) is -1.28. The smallest absolute Gasteiger partial charge is 0.416 e. The first-order valence-corrected chi connectivity index (χ1v) is 7.46. The second-order valence-corrected chi connectivity index (χ2v) is 5.25.